The molecule has 1 N–H and O–H groups in total. The predicted octanol–water partition coefficient (Wildman–Crippen LogP) is 2.54. The Morgan fingerprint density at radius 3 is 2.70 bits per heavy atom. The van der Waals surface area contributed by atoms with Crippen molar-refractivity contribution in [3.05, 3.63) is 24.0 Å². The van der Waals surface area contributed by atoms with Crippen molar-refractivity contribution in [1.29, 1.82) is 0 Å². The summed E-state index contributed by atoms with van der Waals surface area (Å²) in [6.07, 6.45) is 4.81. The summed E-state index contributed by atoms with van der Waals surface area (Å²) in [5.41, 5.74) is 0.719. The van der Waals surface area contributed by atoms with Crippen molar-refractivity contribution < 1.29 is 14.7 Å². The molecule has 5 nitrogen and oxygen atoms in total. The smallest absolute Gasteiger partial charge is 0.303 e. The zero-order valence-corrected chi connectivity index (χ0v) is 12.1. The van der Waals surface area contributed by atoms with Gasteiger partial charge in [0.15, 0.2) is 0 Å². The van der Waals surface area contributed by atoms with E-state index in [-0.39, 0.29) is 18.4 Å². The van der Waals surface area contributed by atoms with E-state index in [2.05, 4.69) is 4.57 Å². The number of hydrogen-bond donors (Lipinski definition) is 1. The maximum absolute atomic E-state index is 12.6. The fourth-order valence-electron chi connectivity index (χ4n) is 2.39. The van der Waals surface area contributed by atoms with Gasteiger partial charge in [-0.1, -0.05) is 0 Å². The first kappa shape index (κ1) is 14.6. The highest BCUT2D eigenvalue weighted by Gasteiger charge is 2.29. The lowest BCUT2D eigenvalue weighted by molar-refractivity contribution is -0.137. The Bertz CT molecular complexity index is 489. The second-order valence-electron chi connectivity index (χ2n) is 5.62. The molecule has 0 saturated heterocycles. The first-order valence-corrected chi connectivity index (χ1v) is 7.20. The number of amides is 1. The molecule has 110 valence electrons. The molecular weight excluding hydrogens is 256 g/mol. The molecule has 1 heterocycles. The van der Waals surface area contributed by atoms with E-state index in [9.17, 15) is 9.59 Å². The van der Waals surface area contributed by atoms with Crippen LogP contribution in [0.25, 0.3) is 0 Å². The lowest BCUT2D eigenvalue weighted by Gasteiger charge is -2.27. The molecule has 0 aromatic carbocycles. The molecule has 1 saturated carbocycles. The summed E-state index contributed by atoms with van der Waals surface area (Å²) in [4.78, 5) is 25.0. The second-order valence-corrected chi connectivity index (χ2v) is 5.62. The minimum atomic E-state index is -0.817. The Morgan fingerprint density at radius 1 is 1.45 bits per heavy atom. The number of carbonyl (C=O) groups is 2. The van der Waals surface area contributed by atoms with Crippen LogP contribution in [0, 0.1) is 0 Å². The van der Waals surface area contributed by atoms with Crippen LogP contribution >= 0.6 is 0 Å². The van der Waals surface area contributed by atoms with E-state index in [0.717, 1.165) is 18.5 Å². The van der Waals surface area contributed by atoms with Crippen LogP contribution in [-0.4, -0.2) is 39.0 Å². The van der Waals surface area contributed by atoms with Gasteiger partial charge >= 0.3 is 5.97 Å². The van der Waals surface area contributed by atoms with Gasteiger partial charge in [-0.3, -0.25) is 9.59 Å². The lowest BCUT2D eigenvalue weighted by Crippen LogP contribution is -2.38. The summed E-state index contributed by atoms with van der Waals surface area (Å²) < 4.78 is 2.05. The van der Waals surface area contributed by atoms with E-state index >= 15 is 0 Å². The molecule has 0 aliphatic heterocycles. The molecule has 1 amide bonds. The van der Waals surface area contributed by atoms with Crippen LogP contribution in [0.4, 0.5) is 0 Å². The number of carboxylic acid groups (broad SMARTS) is 1. The van der Waals surface area contributed by atoms with Crippen molar-refractivity contribution in [3.63, 3.8) is 0 Å². The molecular formula is C15H22N2O3. The normalized spacial score (nSPS) is 14.6. The van der Waals surface area contributed by atoms with Gasteiger partial charge in [-0.05, 0) is 45.2 Å². The highest BCUT2D eigenvalue weighted by Crippen LogP contribution is 2.36. The van der Waals surface area contributed by atoms with Crippen molar-refractivity contribution >= 4 is 11.9 Å². The van der Waals surface area contributed by atoms with Gasteiger partial charge in [0.2, 0.25) is 0 Å². The number of aliphatic carboxylic acids is 1. The third-order valence-electron chi connectivity index (χ3n) is 3.61. The summed E-state index contributed by atoms with van der Waals surface area (Å²) in [5, 5.41) is 8.71. The molecule has 20 heavy (non-hydrogen) atoms. The fourth-order valence-corrected chi connectivity index (χ4v) is 2.39. The van der Waals surface area contributed by atoms with E-state index < -0.39 is 5.97 Å². The molecule has 5 heteroatoms. The van der Waals surface area contributed by atoms with Crippen LogP contribution in [0.3, 0.4) is 0 Å². The van der Waals surface area contributed by atoms with Gasteiger partial charge in [0.05, 0.1) is 0 Å². The van der Waals surface area contributed by atoms with Crippen LogP contribution in [0.5, 0.6) is 0 Å². The SMILES string of the molecule is CC(C)N(CCCC(=O)O)C(=O)c1cccn1C1CC1. The van der Waals surface area contributed by atoms with Crippen LogP contribution < -0.4 is 0 Å². The second kappa shape index (κ2) is 6.11. The maximum Gasteiger partial charge on any atom is 0.303 e. The third-order valence-corrected chi connectivity index (χ3v) is 3.61. The average molecular weight is 278 g/mol. The minimum Gasteiger partial charge on any atom is -0.481 e. The topological polar surface area (TPSA) is 62.5 Å². The number of rotatable bonds is 7. The summed E-state index contributed by atoms with van der Waals surface area (Å²) in [6.45, 7) is 4.41. The molecule has 1 aromatic heterocycles. The minimum absolute atomic E-state index is 0.00212. The summed E-state index contributed by atoms with van der Waals surface area (Å²) in [5.74, 6) is -0.815. The van der Waals surface area contributed by atoms with E-state index in [0.29, 0.717) is 19.0 Å². The molecule has 0 unspecified atom stereocenters. The Hall–Kier alpha value is -1.78. The number of aromatic nitrogens is 1. The van der Waals surface area contributed by atoms with Crippen LogP contribution in [0.1, 0.15) is 56.1 Å². The van der Waals surface area contributed by atoms with Gasteiger partial charge in [0, 0.05) is 31.2 Å². The zero-order valence-electron chi connectivity index (χ0n) is 12.1. The fraction of sp³-hybridized carbons (Fsp3) is 0.600. The quantitative estimate of drug-likeness (QED) is 0.833. The standard InChI is InChI=1S/C15H22N2O3/c1-11(2)16(9-4-6-14(18)19)15(20)13-5-3-10-17(13)12-7-8-12/h3,5,10-12H,4,6-9H2,1-2H3,(H,18,19). The maximum atomic E-state index is 12.6. The summed E-state index contributed by atoms with van der Waals surface area (Å²) in [7, 11) is 0. The van der Waals surface area contributed by atoms with Gasteiger partial charge < -0.3 is 14.6 Å². The van der Waals surface area contributed by atoms with Crippen molar-refractivity contribution in [3.8, 4) is 0 Å². The molecule has 1 fully saturated rings. The zero-order chi connectivity index (χ0) is 14.7. The van der Waals surface area contributed by atoms with Crippen molar-refractivity contribution in [2.24, 2.45) is 0 Å². The summed E-state index contributed by atoms with van der Waals surface area (Å²) >= 11 is 0. The highest BCUT2D eigenvalue weighted by molar-refractivity contribution is 5.93. The monoisotopic (exact) mass is 278 g/mol. The van der Waals surface area contributed by atoms with Gasteiger partial charge in [0.1, 0.15) is 5.69 Å². The van der Waals surface area contributed by atoms with Gasteiger partial charge in [-0.2, -0.15) is 0 Å². The molecule has 0 bridgehead atoms. The molecule has 1 aliphatic rings. The average Bonchev–Trinajstić information content (AvgIpc) is 3.10. The van der Waals surface area contributed by atoms with E-state index in [4.69, 9.17) is 5.11 Å². The summed E-state index contributed by atoms with van der Waals surface area (Å²) in [6, 6.07) is 4.30. The molecule has 2 rings (SSSR count). The lowest BCUT2D eigenvalue weighted by atomic mass is 10.2. The van der Waals surface area contributed by atoms with Gasteiger partial charge in [-0.25, -0.2) is 0 Å². The Balaban J connectivity index is 2.05. The van der Waals surface area contributed by atoms with Crippen molar-refractivity contribution in [2.45, 2.75) is 51.6 Å². The molecule has 1 aliphatic carbocycles. The molecule has 0 spiro atoms. The number of carboxylic acids is 1. The van der Waals surface area contributed by atoms with E-state index in [1.165, 1.54) is 0 Å². The van der Waals surface area contributed by atoms with Gasteiger partial charge in [0.25, 0.3) is 5.91 Å². The molecule has 0 atom stereocenters. The number of nitrogens with zero attached hydrogens (tertiary/aromatic N) is 2. The van der Waals surface area contributed by atoms with E-state index in [1.807, 2.05) is 32.2 Å². The van der Waals surface area contributed by atoms with Crippen molar-refractivity contribution in [2.75, 3.05) is 6.54 Å². The Labute approximate surface area is 119 Å². The van der Waals surface area contributed by atoms with Crippen molar-refractivity contribution in [1.82, 2.24) is 9.47 Å². The third kappa shape index (κ3) is 3.40. The Morgan fingerprint density at radius 2 is 2.15 bits per heavy atom. The largest absolute Gasteiger partial charge is 0.481 e. The first-order chi connectivity index (χ1) is 9.50. The Kier molecular flexibility index (Phi) is 4.47. The predicted molar refractivity (Wildman–Crippen MR) is 75.7 cm³/mol. The van der Waals surface area contributed by atoms with Crippen LogP contribution in [0.15, 0.2) is 18.3 Å². The number of hydrogen-bond acceptors (Lipinski definition) is 2. The number of carbonyl (C=O) groups excluding carboxylic acids is 1. The molecule has 0 radical (unpaired) electrons. The van der Waals surface area contributed by atoms with E-state index in [1.54, 1.807) is 4.90 Å². The van der Waals surface area contributed by atoms with Crippen LogP contribution in [0.2, 0.25) is 0 Å². The highest BCUT2D eigenvalue weighted by atomic mass is 16.4. The molecule has 1 aromatic rings. The van der Waals surface area contributed by atoms with Gasteiger partial charge in [-0.15, -0.1) is 0 Å². The first-order valence-electron chi connectivity index (χ1n) is 7.20. The van der Waals surface area contributed by atoms with Crippen LogP contribution in [-0.2, 0) is 4.79 Å².